The summed E-state index contributed by atoms with van der Waals surface area (Å²) in [6.07, 6.45) is 2.55. The molecule has 0 bridgehead atoms. The summed E-state index contributed by atoms with van der Waals surface area (Å²) in [5.74, 6) is 1.86. The van der Waals surface area contributed by atoms with E-state index in [0.717, 1.165) is 29.5 Å². The highest BCUT2D eigenvalue weighted by molar-refractivity contribution is 5.83. The van der Waals surface area contributed by atoms with Gasteiger partial charge >= 0.3 is 6.09 Å². The fourth-order valence-electron chi connectivity index (χ4n) is 5.80. The predicted molar refractivity (Wildman–Crippen MR) is 147 cm³/mol. The van der Waals surface area contributed by atoms with Gasteiger partial charge in [0.05, 0.1) is 34.5 Å². The lowest BCUT2D eigenvalue weighted by molar-refractivity contribution is 0.134. The number of hydrogen-bond donors (Lipinski definition) is 1. The maximum Gasteiger partial charge on any atom is 0.407 e. The minimum absolute atomic E-state index is 0.178. The van der Waals surface area contributed by atoms with Crippen molar-refractivity contribution in [1.29, 1.82) is 0 Å². The Balaban J connectivity index is 1.50. The molecule has 0 aromatic heterocycles. The molecule has 0 heterocycles. The van der Waals surface area contributed by atoms with Crippen LogP contribution in [0.15, 0.2) is 53.3 Å². The summed E-state index contributed by atoms with van der Waals surface area (Å²) in [6, 6.07) is 14.7. The normalized spacial score (nSPS) is 17.1. The fourth-order valence-corrected chi connectivity index (χ4v) is 5.80. The van der Waals surface area contributed by atoms with Crippen LogP contribution in [0.4, 0.5) is 4.79 Å². The van der Waals surface area contributed by atoms with Crippen LogP contribution in [0, 0.1) is 0 Å². The van der Waals surface area contributed by atoms with Crippen LogP contribution in [-0.4, -0.2) is 41.1 Å². The van der Waals surface area contributed by atoms with Gasteiger partial charge in [0.1, 0.15) is 6.61 Å². The van der Waals surface area contributed by atoms with Crippen molar-refractivity contribution in [3.8, 4) is 34.1 Å². The standard InChI is InChI=1S/C31H33NO7/c1-35-26-14-12-22-23(16-25(26)33)24(13-11-19-15-27(36-2)29(37-3)30(38-4)28(19)22)32-31(34)39-17-20-10-9-18-7-5-6-8-21(18)20/h5-8,12,14-16,20,24H,9-11,13,17H2,1-4H3,(H,32,34). The first-order valence-corrected chi connectivity index (χ1v) is 13.0. The van der Waals surface area contributed by atoms with Crippen molar-refractivity contribution >= 4 is 6.09 Å². The number of amides is 1. The lowest BCUT2D eigenvalue weighted by Gasteiger charge is -2.20. The molecule has 204 valence electrons. The first-order chi connectivity index (χ1) is 19.0. The Morgan fingerprint density at radius 3 is 2.31 bits per heavy atom. The number of methoxy groups -OCH3 is 4. The molecule has 2 unspecified atom stereocenters. The van der Waals surface area contributed by atoms with E-state index in [1.54, 1.807) is 27.4 Å². The number of fused-ring (bicyclic) bond motifs is 4. The number of rotatable bonds is 7. The van der Waals surface area contributed by atoms with Crippen molar-refractivity contribution in [1.82, 2.24) is 5.32 Å². The largest absolute Gasteiger partial charge is 0.493 e. The first-order valence-electron chi connectivity index (χ1n) is 13.0. The van der Waals surface area contributed by atoms with Crippen molar-refractivity contribution in [3.63, 3.8) is 0 Å². The van der Waals surface area contributed by atoms with Crippen LogP contribution in [0.1, 0.15) is 47.1 Å². The molecule has 3 aromatic rings. The van der Waals surface area contributed by atoms with E-state index in [1.807, 2.05) is 24.3 Å². The van der Waals surface area contributed by atoms with Crippen LogP contribution in [0.3, 0.4) is 0 Å². The third-order valence-corrected chi connectivity index (χ3v) is 7.69. The summed E-state index contributed by atoms with van der Waals surface area (Å²) in [6.45, 7) is 0.300. The highest BCUT2D eigenvalue weighted by Crippen LogP contribution is 2.50. The number of hydrogen-bond acceptors (Lipinski definition) is 7. The van der Waals surface area contributed by atoms with Gasteiger partial charge in [-0.05, 0) is 71.7 Å². The van der Waals surface area contributed by atoms with Gasteiger partial charge in [0.2, 0.25) is 11.2 Å². The van der Waals surface area contributed by atoms with Crippen LogP contribution in [-0.2, 0) is 17.6 Å². The van der Waals surface area contributed by atoms with Crippen molar-refractivity contribution < 1.29 is 28.5 Å². The average molecular weight is 532 g/mol. The Morgan fingerprint density at radius 1 is 0.821 bits per heavy atom. The zero-order chi connectivity index (χ0) is 27.5. The summed E-state index contributed by atoms with van der Waals surface area (Å²) in [5.41, 5.74) is 5.37. The smallest absolute Gasteiger partial charge is 0.407 e. The number of alkyl carbamates (subject to hydrolysis) is 1. The summed E-state index contributed by atoms with van der Waals surface area (Å²) >= 11 is 0. The molecule has 1 amide bonds. The quantitative estimate of drug-likeness (QED) is 0.449. The molecule has 0 spiro atoms. The fraction of sp³-hybridized carbons (Fsp3) is 0.355. The molecular weight excluding hydrogens is 498 g/mol. The van der Waals surface area contributed by atoms with Crippen molar-refractivity contribution in [2.45, 2.75) is 37.6 Å². The molecule has 0 fully saturated rings. The lowest BCUT2D eigenvalue weighted by Crippen LogP contribution is -2.30. The molecule has 2 atom stereocenters. The molecule has 2 aliphatic carbocycles. The van der Waals surface area contributed by atoms with E-state index >= 15 is 0 Å². The van der Waals surface area contributed by atoms with Crippen LogP contribution in [0.25, 0.3) is 11.1 Å². The summed E-state index contributed by atoms with van der Waals surface area (Å²) in [4.78, 5) is 26.1. The molecule has 5 rings (SSSR count). The van der Waals surface area contributed by atoms with E-state index in [9.17, 15) is 9.59 Å². The van der Waals surface area contributed by atoms with Gasteiger partial charge < -0.3 is 29.0 Å². The monoisotopic (exact) mass is 531 g/mol. The maximum atomic E-state index is 13.1. The van der Waals surface area contributed by atoms with Gasteiger partial charge in [0.25, 0.3) is 0 Å². The number of carbonyl (C=O) groups is 1. The molecular formula is C31H33NO7. The van der Waals surface area contributed by atoms with E-state index in [-0.39, 0.29) is 17.1 Å². The first kappa shape index (κ1) is 26.4. The van der Waals surface area contributed by atoms with Crippen LogP contribution in [0.2, 0.25) is 0 Å². The summed E-state index contributed by atoms with van der Waals surface area (Å²) in [5, 5.41) is 3.03. The van der Waals surface area contributed by atoms with Crippen LogP contribution < -0.4 is 29.7 Å². The Kier molecular flexibility index (Phi) is 7.63. The van der Waals surface area contributed by atoms with Gasteiger partial charge in [-0.2, -0.15) is 0 Å². The number of aryl methyl sites for hydroxylation is 2. The van der Waals surface area contributed by atoms with Gasteiger partial charge in [-0.1, -0.05) is 30.3 Å². The maximum absolute atomic E-state index is 13.1. The highest BCUT2D eigenvalue weighted by Gasteiger charge is 2.30. The predicted octanol–water partition coefficient (Wildman–Crippen LogP) is 5.19. The molecule has 3 aromatic carbocycles. The zero-order valence-corrected chi connectivity index (χ0v) is 22.7. The molecule has 8 nitrogen and oxygen atoms in total. The van der Waals surface area contributed by atoms with E-state index in [1.165, 1.54) is 24.3 Å². The van der Waals surface area contributed by atoms with E-state index in [2.05, 4.69) is 17.4 Å². The second-order valence-electron chi connectivity index (χ2n) is 9.73. The number of carbonyl (C=O) groups excluding carboxylic acids is 1. The average Bonchev–Trinajstić information content (AvgIpc) is 3.22. The van der Waals surface area contributed by atoms with Crippen molar-refractivity contribution in [2.75, 3.05) is 35.0 Å². The lowest BCUT2D eigenvalue weighted by atomic mass is 9.95. The highest BCUT2D eigenvalue weighted by atomic mass is 16.5. The Bertz CT molecular complexity index is 1450. The van der Waals surface area contributed by atoms with Gasteiger partial charge in [0, 0.05) is 11.5 Å². The molecule has 0 saturated carbocycles. The van der Waals surface area contributed by atoms with E-state index < -0.39 is 12.1 Å². The van der Waals surface area contributed by atoms with Gasteiger partial charge in [-0.25, -0.2) is 4.79 Å². The summed E-state index contributed by atoms with van der Waals surface area (Å²) in [7, 11) is 6.15. The second kappa shape index (κ2) is 11.3. The Labute approximate surface area is 227 Å². The molecule has 8 heteroatoms. The molecule has 2 aliphatic rings. The Morgan fingerprint density at radius 2 is 1.56 bits per heavy atom. The summed E-state index contributed by atoms with van der Waals surface area (Å²) < 4.78 is 28.1. The molecule has 0 radical (unpaired) electrons. The second-order valence-corrected chi connectivity index (χ2v) is 9.73. The number of nitrogens with one attached hydrogen (secondary N) is 1. The molecule has 0 saturated heterocycles. The SMILES string of the molecule is COc1cc2c(c(OC)c1OC)-c1ccc(OC)c(=O)cc1C(NC(=O)OCC1CCc3ccccc31)CC2. The van der Waals surface area contributed by atoms with Crippen LogP contribution in [0.5, 0.6) is 23.0 Å². The minimum atomic E-state index is -0.519. The molecule has 39 heavy (non-hydrogen) atoms. The van der Waals surface area contributed by atoms with Crippen LogP contribution >= 0.6 is 0 Å². The zero-order valence-electron chi connectivity index (χ0n) is 22.7. The van der Waals surface area contributed by atoms with Gasteiger partial charge in [-0.3, -0.25) is 4.79 Å². The third-order valence-electron chi connectivity index (χ3n) is 7.69. The van der Waals surface area contributed by atoms with Gasteiger partial charge in [0.15, 0.2) is 17.2 Å². The number of ether oxygens (including phenoxy) is 5. The Hall–Kier alpha value is -4.20. The van der Waals surface area contributed by atoms with Crippen molar-refractivity contribution in [2.24, 2.45) is 0 Å². The number of benzene rings is 2. The van der Waals surface area contributed by atoms with Crippen molar-refractivity contribution in [3.05, 3.63) is 81.0 Å². The van der Waals surface area contributed by atoms with E-state index in [0.29, 0.717) is 42.3 Å². The topological polar surface area (TPSA) is 92.3 Å². The minimum Gasteiger partial charge on any atom is -0.493 e. The molecule has 0 aliphatic heterocycles. The van der Waals surface area contributed by atoms with E-state index in [4.69, 9.17) is 23.7 Å². The molecule has 1 N–H and O–H groups in total. The third kappa shape index (κ3) is 4.99. The van der Waals surface area contributed by atoms with Gasteiger partial charge in [-0.15, -0.1) is 0 Å².